The Morgan fingerprint density at radius 2 is 2.09 bits per heavy atom. The van der Waals surface area contributed by atoms with E-state index in [4.69, 9.17) is 0 Å². The molecular formula is C8H12O3. The second-order valence-corrected chi connectivity index (χ2v) is 2.83. The number of hydrogen-bond donors (Lipinski definition) is 2. The van der Waals surface area contributed by atoms with Gasteiger partial charge < -0.3 is 10.2 Å². The summed E-state index contributed by atoms with van der Waals surface area (Å²) in [5.74, 6) is -0.651. The third-order valence-corrected chi connectivity index (χ3v) is 2.19. The molecule has 0 aromatic carbocycles. The molecule has 0 aromatic rings. The molecule has 0 radical (unpaired) electrons. The van der Waals surface area contributed by atoms with Crippen LogP contribution >= 0.6 is 0 Å². The van der Waals surface area contributed by atoms with E-state index >= 15 is 0 Å². The number of carbonyl (C=O) groups is 1. The summed E-state index contributed by atoms with van der Waals surface area (Å²) in [7, 11) is 0. The molecule has 2 N–H and O–H groups in total. The van der Waals surface area contributed by atoms with Crippen molar-refractivity contribution in [2.75, 3.05) is 0 Å². The van der Waals surface area contributed by atoms with Gasteiger partial charge in [0.1, 0.15) is 11.9 Å². The molecular weight excluding hydrogens is 144 g/mol. The highest BCUT2D eigenvalue weighted by Gasteiger charge is 2.37. The number of aliphatic hydroxyl groups is 2. The second-order valence-electron chi connectivity index (χ2n) is 2.83. The van der Waals surface area contributed by atoms with Crippen LogP contribution in [0.1, 0.15) is 20.3 Å². The topological polar surface area (TPSA) is 57.5 Å². The Morgan fingerprint density at radius 3 is 2.27 bits per heavy atom. The van der Waals surface area contributed by atoms with Crippen LogP contribution in [0.4, 0.5) is 0 Å². The van der Waals surface area contributed by atoms with Crippen molar-refractivity contribution in [2.24, 2.45) is 5.92 Å². The Hall–Kier alpha value is -0.830. The van der Waals surface area contributed by atoms with Gasteiger partial charge in [-0.3, -0.25) is 4.79 Å². The number of rotatable bonds is 1. The summed E-state index contributed by atoms with van der Waals surface area (Å²) in [5, 5.41) is 18.5. The molecule has 2 unspecified atom stereocenters. The highest BCUT2D eigenvalue weighted by Crippen LogP contribution is 2.29. The average molecular weight is 156 g/mol. The summed E-state index contributed by atoms with van der Waals surface area (Å²) in [4.78, 5) is 11.0. The van der Waals surface area contributed by atoms with Gasteiger partial charge in [0, 0.05) is 11.5 Å². The lowest BCUT2D eigenvalue weighted by atomic mass is 10.0. The van der Waals surface area contributed by atoms with Gasteiger partial charge in [-0.1, -0.05) is 6.92 Å². The standard InChI is InChI=1S/C8H12O3/c1-3-5-6(9)4(2)7(10)8(5)11/h5,8-9,11H,3H2,1-2H3. The largest absolute Gasteiger partial charge is 0.511 e. The van der Waals surface area contributed by atoms with Crippen molar-refractivity contribution in [1.29, 1.82) is 0 Å². The van der Waals surface area contributed by atoms with Gasteiger partial charge in [-0.15, -0.1) is 0 Å². The third-order valence-electron chi connectivity index (χ3n) is 2.19. The van der Waals surface area contributed by atoms with E-state index in [0.717, 1.165) is 0 Å². The lowest BCUT2D eigenvalue weighted by molar-refractivity contribution is -0.123. The van der Waals surface area contributed by atoms with Gasteiger partial charge in [0.25, 0.3) is 0 Å². The first-order valence-electron chi connectivity index (χ1n) is 3.71. The van der Waals surface area contributed by atoms with Crippen molar-refractivity contribution >= 4 is 5.78 Å². The first-order chi connectivity index (χ1) is 5.09. The van der Waals surface area contributed by atoms with E-state index in [0.29, 0.717) is 12.0 Å². The molecule has 0 aliphatic heterocycles. The first-order valence-corrected chi connectivity index (χ1v) is 3.71. The molecule has 0 saturated carbocycles. The fraction of sp³-hybridized carbons (Fsp3) is 0.625. The van der Waals surface area contributed by atoms with Crippen LogP contribution in [0.5, 0.6) is 0 Å². The van der Waals surface area contributed by atoms with Crippen molar-refractivity contribution in [2.45, 2.75) is 26.4 Å². The smallest absolute Gasteiger partial charge is 0.191 e. The summed E-state index contributed by atoms with van der Waals surface area (Å²) in [6.07, 6.45) is -0.421. The normalized spacial score (nSPS) is 31.7. The fourth-order valence-corrected chi connectivity index (χ4v) is 1.38. The van der Waals surface area contributed by atoms with Gasteiger partial charge in [0.05, 0.1) is 0 Å². The molecule has 3 nitrogen and oxygen atoms in total. The van der Waals surface area contributed by atoms with E-state index < -0.39 is 6.10 Å². The Balaban J connectivity index is 2.95. The van der Waals surface area contributed by atoms with Crippen LogP contribution in [0.25, 0.3) is 0 Å². The second kappa shape index (κ2) is 2.66. The lowest BCUT2D eigenvalue weighted by Gasteiger charge is -2.10. The number of hydrogen-bond acceptors (Lipinski definition) is 3. The minimum absolute atomic E-state index is 0.0602. The van der Waals surface area contributed by atoms with Gasteiger partial charge in [0.15, 0.2) is 5.78 Å². The molecule has 1 aliphatic carbocycles. The van der Waals surface area contributed by atoms with E-state index in [2.05, 4.69) is 0 Å². The zero-order valence-corrected chi connectivity index (χ0v) is 6.66. The van der Waals surface area contributed by atoms with Crippen LogP contribution in [-0.4, -0.2) is 22.1 Å². The lowest BCUT2D eigenvalue weighted by Crippen LogP contribution is -2.23. The number of ketones is 1. The minimum Gasteiger partial charge on any atom is -0.511 e. The molecule has 62 valence electrons. The summed E-state index contributed by atoms with van der Waals surface area (Å²) in [6.45, 7) is 3.37. The molecule has 0 amide bonds. The monoisotopic (exact) mass is 156 g/mol. The molecule has 0 aromatic heterocycles. The van der Waals surface area contributed by atoms with Gasteiger partial charge in [-0.05, 0) is 13.3 Å². The molecule has 0 saturated heterocycles. The summed E-state index contributed by atoms with van der Waals surface area (Å²) in [5.41, 5.74) is 0.310. The van der Waals surface area contributed by atoms with Crippen LogP contribution < -0.4 is 0 Å². The Bertz CT molecular complexity index is 217. The van der Waals surface area contributed by atoms with Crippen LogP contribution in [0, 0.1) is 5.92 Å². The van der Waals surface area contributed by atoms with E-state index in [-0.39, 0.29) is 17.5 Å². The van der Waals surface area contributed by atoms with Crippen molar-refractivity contribution in [1.82, 2.24) is 0 Å². The molecule has 1 aliphatic rings. The van der Waals surface area contributed by atoms with Gasteiger partial charge in [-0.2, -0.15) is 0 Å². The van der Waals surface area contributed by atoms with Crippen molar-refractivity contribution < 1.29 is 15.0 Å². The SMILES string of the molecule is CCC1C(O)=C(C)C(=O)C1O. The van der Waals surface area contributed by atoms with Crippen LogP contribution in [0.15, 0.2) is 11.3 Å². The summed E-state index contributed by atoms with van der Waals surface area (Å²) < 4.78 is 0. The average Bonchev–Trinajstić information content (AvgIpc) is 2.17. The van der Waals surface area contributed by atoms with Crippen LogP contribution in [-0.2, 0) is 4.79 Å². The fourth-order valence-electron chi connectivity index (χ4n) is 1.38. The molecule has 0 bridgehead atoms. The Labute approximate surface area is 65.3 Å². The maximum Gasteiger partial charge on any atom is 0.191 e. The maximum absolute atomic E-state index is 11.0. The predicted octanol–water partition coefficient (Wildman–Crippen LogP) is 0.788. The number of aliphatic hydroxyl groups excluding tert-OH is 2. The van der Waals surface area contributed by atoms with E-state index in [1.807, 2.05) is 6.92 Å². The van der Waals surface area contributed by atoms with Crippen molar-refractivity contribution in [3.63, 3.8) is 0 Å². The summed E-state index contributed by atoms with van der Waals surface area (Å²) in [6, 6.07) is 0. The van der Waals surface area contributed by atoms with Crippen molar-refractivity contribution in [3.05, 3.63) is 11.3 Å². The number of Topliss-reactive ketones (excluding diaryl/α,β-unsaturated/α-hetero) is 1. The molecule has 3 heteroatoms. The minimum atomic E-state index is -1.01. The zero-order valence-electron chi connectivity index (χ0n) is 6.66. The third kappa shape index (κ3) is 1.05. The van der Waals surface area contributed by atoms with Crippen LogP contribution in [0.3, 0.4) is 0 Å². The highest BCUT2D eigenvalue weighted by atomic mass is 16.3. The predicted molar refractivity (Wildman–Crippen MR) is 40.1 cm³/mol. The molecule has 2 atom stereocenters. The molecule has 1 rings (SSSR count). The number of carbonyl (C=O) groups excluding carboxylic acids is 1. The maximum atomic E-state index is 11.0. The molecule has 11 heavy (non-hydrogen) atoms. The van der Waals surface area contributed by atoms with E-state index in [9.17, 15) is 15.0 Å². The zero-order chi connectivity index (χ0) is 8.59. The Morgan fingerprint density at radius 1 is 1.55 bits per heavy atom. The van der Waals surface area contributed by atoms with Gasteiger partial charge in [0.2, 0.25) is 0 Å². The first kappa shape index (κ1) is 8.27. The van der Waals surface area contributed by atoms with Gasteiger partial charge in [-0.25, -0.2) is 0 Å². The van der Waals surface area contributed by atoms with E-state index in [1.54, 1.807) is 0 Å². The molecule has 0 fully saturated rings. The molecule has 0 spiro atoms. The van der Waals surface area contributed by atoms with Crippen molar-refractivity contribution in [3.8, 4) is 0 Å². The Kier molecular flexibility index (Phi) is 2.00. The van der Waals surface area contributed by atoms with E-state index in [1.165, 1.54) is 6.92 Å². The summed E-state index contributed by atoms with van der Waals surface area (Å²) >= 11 is 0. The van der Waals surface area contributed by atoms with Crippen LogP contribution in [0.2, 0.25) is 0 Å². The molecule has 0 heterocycles. The van der Waals surface area contributed by atoms with Gasteiger partial charge >= 0.3 is 0 Å². The quantitative estimate of drug-likeness (QED) is 0.590. The highest BCUT2D eigenvalue weighted by molar-refractivity contribution is 6.01.